The largest absolute Gasteiger partial charge is 0.480 e. The zero-order chi connectivity index (χ0) is 24.8. The van der Waals surface area contributed by atoms with Crippen molar-refractivity contribution in [3.8, 4) is 0 Å². The van der Waals surface area contributed by atoms with Crippen LogP contribution in [0.2, 0.25) is 0 Å². The van der Waals surface area contributed by atoms with Gasteiger partial charge in [-0.1, -0.05) is 39.8 Å². The molecule has 1 aliphatic rings. The lowest BCUT2D eigenvalue weighted by atomic mass is 9.73. The number of nitrogens with one attached hydrogen (secondary N) is 1. The predicted molar refractivity (Wildman–Crippen MR) is 129 cm³/mol. The molecule has 3 rings (SSSR count). The summed E-state index contributed by atoms with van der Waals surface area (Å²) in [5, 5.41) is 27.7. The van der Waals surface area contributed by atoms with Gasteiger partial charge in [0.25, 0.3) is 0 Å². The van der Waals surface area contributed by atoms with E-state index >= 15 is 0 Å². The van der Waals surface area contributed by atoms with Gasteiger partial charge in [0.05, 0.1) is 6.54 Å². The molecule has 9 nitrogen and oxygen atoms in total. The van der Waals surface area contributed by atoms with Crippen molar-refractivity contribution in [2.24, 2.45) is 5.41 Å². The summed E-state index contributed by atoms with van der Waals surface area (Å²) in [6.45, 7) is 9.91. The van der Waals surface area contributed by atoms with Gasteiger partial charge in [-0.25, -0.2) is 4.79 Å². The summed E-state index contributed by atoms with van der Waals surface area (Å²) >= 11 is 3.38. The number of aromatic nitrogens is 2. The molecule has 0 amide bonds. The van der Waals surface area contributed by atoms with Crippen molar-refractivity contribution in [1.82, 2.24) is 20.0 Å². The lowest BCUT2D eigenvalue weighted by Crippen LogP contribution is -2.65. The Kier molecular flexibility index (Phi) is 6.67. The molecule has 0 bridgehead atoms. The molecule has 1 fully saturated rings. The Hall–Kier alpha value is -2.43. The van der Waals surface area contributed by atoms with Crippen molar-refractivity contribution in [1.29, 1.82) is 0 Å². The quantitative estimate of drug-likeness (QED) is 0.408. The Morgan fingerprint density at radius 1 is 1.21 bits per heavy atom. The Labute approximate surface area is 202 Å². The average molecular weight is 522 g/mol. The molecule has 0 aliphatic carbocycles. The third-order valence-electron chi connectivity index (χ3n) is 6.75. The minimum atomic E-state index is -1.52. The molecule has 1 saturated heterocycles. The van der Waals surface area contributed by atoms with Crippen molar-refractivity contribution < 1.29 is 19.8 Å². The number of benzene rings is 1. The van der Waals surface area contributed by atoms with Gasteiger partial charge in [0.2, 0.25) is 0 Å². The number of halogens is 1. The molecule has 1 aromatic carbocycles. The first-order valence-electron chi connectivity index (χ1n) is 10.8. The van der Waals surface area contributed by atoms with Gasteiger partial charge in [-0.05, 0) is 57.9 Å². The van der Waals surface area contributed by atoms with Gasteiger partial charge in [0.15, 0.2) is 5.66 Å². The number of nitrogens with zero attached hydrogens (tertiary/aromatic N) is 3. The second kappa shape index (κ2) is 8.73. The van der Waals surface area contributed by atoms with Crippen LogP contribution >= 0.6 is 15.9 Å². The summed E-state index contributed by atoms with van der Waals surface area (Å²) in [5.41, 5.74) is 5.93. The van der Waals surface area contributed by atoms with Crippen LogP contribution in [0.3, 0.4) is 0 Å². The second-order valence-corrected chi connectivity index (χ2v) is 10.6. The fraction of sp³-hybridized carbons (Fsp3) is 0.522. The van der Waals surface area contributed by atoms with Crippen LogP contribution < -0.4 is 11.1 Å². The van der Waals surface area contributed by atoms with Crippen LogP contribution in [-0.2, 0) is 22.7 Å². The molecule has 2 heterocycles. The molecule has 2 aromatic rings. The minimum absolute atomic E-state index is 0.0354. The zero-order valence-corrected chi connectivity index (χ0v) is 21.2. The van der Waals surface area contributed by atoms with E-state index in [1.165, 1.54) is 0 Å². The average Bonchev–Trinajstić information content (AvgIpc) is 3.21. The first-order chi connectivity index (χ1) is 15.3. The number of nitrogens with two attached hydrogens (primary N) is 1. The van der Waals surface area contributed by atoms with E-state index in [0.717, 1.165) is 21.4 Å². The molecule has 5 N–H and O–H groups in total. The van der Waals surface area contributed by atoms with E-state index in [0.29, 0.717) is 12.2 Å². The molecule has 1 aromatic heterocycles. The molecular weight excluding hydrogens is 490 g/mol. The highest BCUT2D eigenvalue weighted by Gasteiger charge is 2.63. The van der Waals surface area contributed by atoms with Gasteiger partial charge >= 0.3 is 11.9 Å². The summed E-state index contributed by atoms with van der Waals surface area (Å²) in [7, 11) is 0. The molecule has 2 atom stereocenters. The lowest BCUT2D eigenvalue weighted by molar-refractivity contribution is -0.153. The number of carbonyl (C=O) groups is 2. The van der Waals surface area contributed by atoms with Crippen LogP contribution in [0.5, 0.6) is 0 Å². The molecule has 1 aliphatic heterocycles. The number of rotatable bonds is 7. The fourth-order valence-electron chi connectivity index (χ4n) is 4.50. The number of anilines is 1. The third kappa shape index (κ3) is 4.39. The molecule has 0 saturated carbocycles. The number of aryl methyl sites for hydroxylation is 1. The second-order valence-electron chi connectivity index (χ2n) is 9.76. The number of carboxylic acid groups (broad SMARTS) is 2. The van der Waals surface area contributed by atoms with Gasteiger partial charge in [-0.3, -0.25) is 19.7 Å². The Balaban J connectivity index is 1.93. The van der Waals surface area contributed by atoms with Crippen molar-refractivity contribution >= 4 is 33.6 Å². The van der Waals surface area contributed by atoms with Crippen molar-refractivity contribution in [3.05, 3.63) is 45.7 Å². The highest BCUT2D eigenvalue weighted by Crippen LogP contribution is 2.42. The zero-order valence-electron chi connectivity index (χ0n) is 19.6. The van der Waals surface area contributed by atoms with E-state index in [1.54, 1.807) is 32.6 Å². The van der Waals surface area contributed by atoms with Crippen LogP contribution in [0.25, 0.3) is 0 Å². The van der Waals surface area contributed by atoms with Crippen LogP contribution in [0, 0.1) is 12.3 Å². The SMILES string of the molecule is CCC1(C(=O)O)NC(C(=O)O)(C(C)(C)C)CN1Cc1ccc(Cn2nc(Br)cc2C)cc1N. The molecule has 33 heavy (non-hydrogen) atoms. The van der Waals surface area contributed by atoms with Gasteiger partial charge in [-0.2, -0.15) is 5.10 Å². The van der Waals surface area contributed by atoms with E-state index in [-0.39, 0.29) is 19.5 Å². The summed E-state index contributed by atoms with van der Waals surface area (Å²) in [6, 6.07) is 7.60. The molecule has 180 valence electrons. The van der Waals surface area contributed by atoms with E-state index in [9.17, 15) is 19.8 Å². The van der Waals surface area contributed by atoms with Gasteiger partial charge in [0.1, 0.15) is 10.1 Å². The van der Waals surface area contributed by atoms with Crippen molar-refractivity contribution in [2.45, 2.75) is 65.3 Å². The van der Waals surface area contributed by atoms with E-state index in [2.05, 4.69) is 26.3 Å². The predicted octanol–water partition coefficient (Wildman–Crippen LogP) is 3.05. The van der Waals surface area contributed by atoms with Crippen LogP contribution in [0.1, 0.15) is 50.9 Å². The molecule has 10 heteroatoms. The standard InChI is InChI=1S/C23H32BrN5O4/c1-6-23(20(32)33)27-22(19(30)31,21(3,4)5)13-28(23)12-16-8-7-15(10-17(16)25)11-29-14(2)9-18(24)26-29/h7-10,27H,6,11-13,25H2,1-5H3,(H,30,31)(H,32,33). The van der Waals surface area contributed by atoms with E-state index in [4.69, 9.17) is 5.73 Å². The summed E-state index contributed by atoms with van der Waals surface area (Å²) in [4.78, 5) is 26.5. The van der Waals surface area contributed by atoms with Gasteiger partial charge in [0, 0.05) is 24.5 Å². The highest BCUT2D eigenvalue weighted by molar-refractivity contribution is 9.10. The van der Waals surface area contributed by atoms with Gasteiger partial charge < -0.3 is 15.9 Å². The normalized spacial score (nSPS) is 23.7. The minimum Gasteiger partial charge on any atom is -0.480 e. The summed E-state index contributed by atoms with van der Waals surface area (Å²) in [6.07, 6.45) is 0.193. The summed E-state index contributed by atoms with van der Waals surface area (Å²) < 4.78 is 2.62. The monoisotopic (exact) mass is 521 g/mol. The number of hydrogen-bond donors (Lipinski definition) is 4. The Bertz CT molecular complexity index is 1080. The number of aliphatic carboxylic acids is 2. The maximum Gasteiger partial charge on any atom is 0.339 e. The van der Waals surface area contributed by atoms with E-state index < -0.39 is 28.6 Å². The first-order valence-corrected chi connectivity index (χ1v) is 11.6. The summed E-state index contributed by atoms with van der Waals surface area (Å²) in [5.74, 6) is -2.17. The molecular formula is C23H32BrN5O4. The van der Waals surface area contributed by atoms with Crippen LogP contribution in [-0.4, -0.2) is 54.6 Å². The van der Waals surface area contributed by atoms with Crippen molar-refractivity contribution in [2.75, 3.05) is 12.3 Å². The molecule has 2 unspecified atom stereocenters. The van der Waals surface area contributed by atoms with E-state index in [1.807, 2.05) is 35.9 Å². The highest BCUT2D eigenvalue weighted by atomic mass is 79.9. The van der Waals surface area contributed by atoms with Crippen molar-refractivity contribution in [3.63, 3.8) is 0 Å². The maximum atomic E-state index is 12.4. The van der Waals surface area contributed by atoms with Crippen LogP contribution in [0.4, 0.5) is 5.69 Å². The Morgan fingerprint density at radius 2 is 1.88 bits per heavy atom. The van der Waals surface area contributed by atoms with Gasteiger partial charge in [-0.15, -0.1) is 0 Å². The first kappa shape index (κ1) is 25.2. The molecule has 0 radical (unpaired) electrons. The third-order valence-corrected chi connectivity index (χ3v) is 7.14. The Morgan fingerprint density at radius 3 is 2.33 bits per heavy atom. The van der Waals surface area contributed by atoms with Crippen LogP contribution in [0.15, 0.2) is 28.9 Å². The number of hydrogen-bond acceptors (Lipinski definition) is 6. The fourth-order valence-corrected chi connectivity index (χ4v) is 5.02. The smallest absolute Gasteiger partial charge is 0.339 e. The number of carboxylic acids is 2. The maximum absolute atomic E-state index is 12.4. The topological polar surface area (TPSA) is 134 Å². The lowest BCUT2D eigenvalue weighted by Gasteiger charge is -2.39. The number of nitrogen functional groups attached to an aromatic ring is 1. The molecule has 0 spiro atoms.